The van der Waals surface area contributed by atoms with Crippen molar-refractivity contribution < 1.29 is 9.59 Å². The zero-order valence-electron chi connectivity index (χ0n) is 13.6. The molecule has 1 saturated heterocycles. The lowest BCUT2D eigenvalue weighted by Crippen LogP contribution is -2.47. The number of nitrogens with zero attached hydrogens (tertiary/aromatic N) is 3. The Kier molecular flexibility index (Phi) is 3.96. The van der Waals surface area contributed by atoms with Gasteiger partial charge >= 0.3 is 0 Å². The van der Waals surface area contributed by atoms with Gasteiger partial charge in [0.2, 0.25) is 11.8 Å². The number of fused-ring (bicyclic) bond motifs is 1. The van der Waals surface area contributed by atoms with E-state index in [9.17, 15) is 9.59 Å². The molecule has 0 radical (unpaired) electrons. The van der Waals surface area contributed by atoms with Crippen LogP contribution in [0.2, 0.25) is 0 Å². The summed E-state index contributed by atoms with van der Waals surface area (Å²) in [5.41, 5.74) is 0.808. The molecule has 24 heavy (non-hydrogen) atoms. The number of imidazole rings is 1. The predicted molar refractivity (Wildman–Crippen MR) is 90.5 cm³/mol. The van der Waals surface area contributed by atoms with Gasteiger partial charge in [0.1, 0.15) is 11.5 Å². The molecule has 2 atom stereocenters. The minimum absolute atomic E-state index is 0.0144. The minimum atomic E-state index is -0.125. The quantitative estimate of drug-likeness (QED) is 0.942. The lowest BCUT2D eigenvalue weighted by molar-refractivity contribution is -0.133. The number of rotatable bonds is 3. The van der Waals surface area contributed by atoms with Crippen LogP contribution in [0.5, 0.6) is 0 Å². The summed E-state index contributed by atoms with van der Waals surface area (Å²) in [6.45, 7) is 0.796. The van der Waals surface area contributed by atoms with Crippen LogP contribution in [0.25, 0.3) is 5.65 Å². The van der Waals surface area contributed by atoms with E-state index in [0.717, 1.165) is 50.1 Å². The highest BCUT2D eigenvalue weighted by Crippen LogP contribution is 2.32. The van der Waals surface area contributed by atoms with E-state index in [1.807, 2.05) is 33.7 Å². The van der Waals surface area contributed by atoms with Gasteiger partial charge in [0, 0.05) is 31.4 Å². The van der Waals surface area contributed by atoms with Gasteiger partial charge < -0.3 is 10.2 Å². The third-order valence-electron chi connectivity index (χ3n) is 5.26. The monoisotopic (exact) mass is 326 g/mol. The fraction of sp³-hybridized carbons (Fsp3) is 0.500. The first-order chi connectivity index (χ1) is 11.7. The van der Waals surface area contributed by atoms with Crippen molar-refractivity contribution in [1.82, 2.24) is 14.3 Å². The van der Waals surface area contributed by atoms with Gasteiger partial charge in [0.05, 0.1) is 5.92 Å². The fourth-order valence-corrected chi connectivity index (χ4v) is 4.08. The molecule has 0 aromatic carbocycles. The number of pyridine rings is 1. The number of anilines is 1. The second-order valence-electron chi connectivity index (χ2n) is 6.70. The van der Waals surface area contributed by atoms with Gasteiger partial charge in [-0.3, -0.25) is 14.0 Å². The molecule has 2 aromatic rings. The van der Waals surface area contributed by atoms with E-state index in [1.165, 1.54) is 0 Å². The van der Waals surface area contributed by atoms with Crippen LogP contribution in [-0.2, 0) is 9.59 Å². The molecular weight excluding hydrogens is 304 g/mol. The number of hydrogen-bond donors (Lipinski definition) is 1. The molecule has 0 unspecified atom stereocenters. The van der Waals surface area contributed by atoms with Crippen molar-refractivity contribution in [2.24, 2.45) is 5.92 Å². The number of hydrogen-bond acceptors (Lipinski definition) is 3. The Labute approximate surface area is 140 Å². The van der Waals surface area contributed by atoms with Crippen LogP contribution in [-0.4, -0.2) is 38.7 Å². The van der Waals surface area contributed by atoms with Crippen LogP contribution in [0.1, 0.15) is 38.5 Å². The Morgan fingerprint density at radius 2 is 2.08 bits per heavy atom. The molecule has 126 valence electrons. The summed E-state index contributed by atoms with van der Waals surface area (Å²) in [6, 6.07) is 5.73. The van der Waals surface area contributed by atoms with Crippen LogP contribution in [0.15, 0.2) is 30.6 Å². The number of aromatic nitrogens is 2. The second kappa shape index (κ2) is 6.26. The van der Waals surface area contributed by atoms with E-state index in [0.29, 0.717) is 6.42 Å². The first-order valence-corrected chi connectivity index (χ1v) is 8.76. The number of carbonyl (C=O) groups is 2. The van der Waals surface area contributed by atoms with Crippen LogP contribution < -0.4 is 5.32 Å². The second-order valence-corrected chi connectivity index (χ2v) is 6.70. The summed E-state index contributed by atoms with van der Waals surface area (Å²) in [4.78, 5) is 31.2. The maximum absolute atomic E-state index is 12.9. The van der Waals surface area contributed by atoms with Crippen LogP contribution >= 0.6 is 0 Å². The maximum Gasteiger partial charge on any atom is 0.230 e. The molecule has 1 saturated carbocycles. The molecule has 2 amide bonds. The summed E-state index contributed by atoms with van der Waals surface area (Å²) in [7, 11) is 0. The van der Waals surface area contributed by atoms with E-state index < -0.39 is 0 Å². The first kappa shape index (κ1) is 15.2. The van der Waals surface area contributed by atoms with E-state index in [1.54, 1.807) is 6.20 Å². The molecule has 2 aromatic heterocycles. The lowest BCUT2D eigenvalue weighted by atomic mass is 9.83. The van der Waals surface area contributed by atoms with E-state index in [2.05, 4.69) is 10.3 Å². The Morgan fingerprint density at radius 3 is 2.92 bits per heavy atom. The summed E-state index contributed by atoms with van der Waals surface area (Å²) in [5.74, 6) is 0.823. The number of nitrogens with one attached hydrogen (secondary N) is 1. The topological polar surface area (TPSA) is 66.7 Å². The highest BCUT2D eigenvalue weighted by atomic mass is 16.2. The normalized spacial score (nSPS) is 24.5. The summed E-state index contributed by atoms with van der Waals surface area (Å²) in [6.07, 6.45) is 9.02. The van der Waals surface area contributed by atoms with Gasteiger partial charge in [-0.1, -0.05) is 18.9 Å². The zero-order chi connectivity index (χ0) is 16.5. The highest BCUT2D eigenvalue weighted by Gasteiger charge is 2.38. The molecule has 1 aliphatic carbocycles. The number of amides is 2. The smallest absolute Gasteiger partial charge is 0.230 e. The maximum atomic E-state index is 12.9. The van der Waals surface area contributed by atoms with Gasteiger partial charge in [-0.15, -0.1) is 0 Å². The Bertz CT molecular complexity index is 769. The summed E-state index contributed by atoms with van der Waals surface area (Å²) in [5, 5.41) is 3.06. The zero-order valence-corrected chi connectivity index (χ0v) is 13.6. The molecule has 4 rings (SSSR count). The highest BCUT2D eigenvalue weighted by molar-refractivity contribution is 5.93. The molecule has 2 aliphatic rings. The Morgan fingerprint density at radius 1 is 1.21 bits per heavy atom. The molecule has 0 spiro atoms. The third kappa shape index (κ3) is 2.66. The number of likely N-dealkylation sites (tertiary alicyclic amines) is 1. The van der Waals surface area contributed by atoms with Crippen molar-refractivity contribution in [2.45, 2.75) is 44.6 Å². The molecule has 3 heterocycles. The van der Waals surface area contributed by atoms with Crippen molar-refractivity contribution in [3.63, 3.8) is 0 Å². The first-order valence-electron chi connectivity index (χ1n) is 8.76. The van der Waals surface area contributed by atoms with E-state index in [4.69, 9.17) is 0 Å². The standard InChI is InChI=1S/C18H22N4O2/c23-17-9-4-11-21(17)14-6-2-1-5-13(14)18(24)20-16-8-3-7-15-19-10-12-22(15)16/h3,7-8,10,12-14H,1-2,4-6,9,11H2,(H,20,24)/t13-,14+/m1/s1. The fourth-order valence-electron chi connectivity index (χ4n) is 4.08. The summed E-state index contributed by atoms with van der Waals surface area (Å²) < 4.78 is 1.87. The number of carbonyl (C=O) groups excluding carboxylic acids is 2. The van der Waals surface area contributed by atoms with Gasteiger partial charge in [-0.2, -0.15) is 0 Å². The minimum Gasteiger partial charge on any atom is -0.339 e. The van der Waals surface area contributed by atoms with Crippen molar-refractivity contribution in [2.75, 3.05) is 11.9 Å². The average Bonchev–Trinajstić information content (AvgIpc) is 3.24. The van der Waals surface area contributed by atoms with Crippen molar-refractivity contribution in [1.29, 1.82) is 0 Å². The summed E-state index contributed by atoms with van der Waals surface area (Å²) >= 11 is 0. The molecule has 1 N–H and O–H groups in total. The van der Waals surface area contributed by atoms with Gasteiger partial charge in [-0.25, -0.2) is 4.98 Å². The molecular formula is C18H22N4O2. The van der Waals surface area contributed by atoms with E-state index >= 15 is 0 Å². The van der Waals surface area contributed by atoms with Crippen molar-refractivity contribution in [3.05, 3.63) is 30.6 Å². The Balaban J connectivity index is 1.55. The molecule has 0 bridgehead atoms. The van der Waals surface area contributed by atoms with Crippen molar-refractivity contribution in [3.8, 4) is 0 Å². The lowest BCUT2D eigenvalue weighted by Gasteiger charge is -2.37. The van der Waals surface area contributed by atoms with Crippen LogP contribution in [0.4, 0.5) is 5.82 Å². The third-order valence-corrected chi connectivity index (χ3v) is 5.26. The average molecular weight is 326 g/mol. The van der Waals surface area contributed by atoms with Gasteiger partial charge in [-0.05, 0) is 31.4 Å². The largest absolute Gasteiger partial charge is 0.339 e. The van der Waals surface area contributed by atoms with E-state index in [-0.39, 0.29) is 23.8 Å². The molecule has 6 nitrogen and oxygen atoms in total. The van der Waals surface area contributed by atoms with Gasteiger partial charge in [0.25, 0.3) is 0 Å². The molecule has 6 heteroatoms. The van der Waals surface area contributed by atoms with Crippen LogP contribution in [0.3, 0.4) is 0 Å². The SMILES string of the molecule is O=C(Nc1cccc2nccn12)[C@@H]1CCCC[C@@H]1N1CCCC1=O. The Hall–Kier alpha value is -2.37. The predicted octanol–water partition coefficient (Wildman–Crippen LogP) is 2.45. The van der Waals surface area contributed by atoms with Crippen LogP contribution in [0, 0.1) is 5.92 Å². The van der Waals surface area contributed by atoms with Crippen molar-refractivity contribution >= 4 is 23.3 Å². The van der Waals surface area contributed by atoms with Gasteiger partial charge in [0.15, 0.2) is 0 Å². The molecule has 2 fully saturated rings. The molecule has 1 aliphatic heterocycles.